The van der Waals surface area contributed by atoms with Gasteiger partial charge in [-0.3, -0.25) is 0 Å². The van der Waals surface area contributed by atoms with Gasteiger partial charge in [0.2, 0.25) is 5.13 Å². The van der Waals surface area contributed by atoms with Crippen molar-refractivity contribution in [1.82, 2.24) is 10.2 Å². The van der Waals surface area contributed by atoms with Crippen molar-refractivity contribution >= 4 is 45.3 Å². The van der Waals surface area contributed by atoms with Crippen molar-refractivity contribution in [1.29, 1.82) is 0 Å². The molecule has 1 N–H and O–H groups in total. The van der Waals surface area contributed by atoms with Crippen molar-refractivity contribution in [2.75, 3.05) is 16.8 Å². The van der Waals surface area contributed by atoms with Crippen molar-refractivity contribution in [2.24, 2.45) is 0 Å². The molecule has 0 saturated heterocycles. The van der Waals surface area contributed by atoms with Crippen LogP contribution in [0.3, 0.4) is 0 Å². The number of benzene rings is 3. The summed E-state index contributed by atoms with van der Waals surface area (Å²) in [4.78, 5) is 4.99. The van der Waals surface area contributed by atoms with Gasteiger partial charge in [0, 0.05) is 28.4 Å². The second-order valence-corrected chi connectivity index (χ2v) is 8.58. The smallest absolute Gasteiger partial charge is 0.210 e. The maximum atomic E-state index is 4.38. The summed E-state index contributed by atoms with van der Waals surface area (Å²) >= 11 is 3.45. The molecule has 1 aromatic heterocycles. The number of nitrogens with one attached hydrogen (secondary N) is 1. The summed E-state index contributed by atoms with van der Waals surface area (Å²) in [7, 11) is 0. The summed E-state index contributed by atoms with van der Waals surface area (Å²) in [5.74, 6) is 0. The van der Waals surface area contributed by atoms with E-state index in [4.69, 9.17) is 0 Å². The molecule has 5 rings (SSSR count). The Labute approximate surface area is 172 Å². The van der Waals surface area contributed by atoms with Crippen LogP contribution in [0.2, 0.25) is 0 Å². The Hall–Kier alpha value is -2.83. The molecule has 3 aromatic carbocycles. The van der Waals surface area contributed by atoms with Gasteiger partial charge in [-0.25, -0.2) is 0 Å². The Morgan fingerprint density at radius 3 is 2.11 bits per heavy atom. The summed E-state index contributed by atoms with van der Waals surface area (Å²) in [6, 6.07) is 27.3. The first kappa shape index (κ1) is 17.3. The molecule has 0 spiro atoms. The zero-order chi connectivity index (χ0) is 18.8. The van der Waals surface area contributed by atoms with Crippen LogP contribution < -0.4 is 10.2 Å². The molecule has 4 aromatic rings. The highest BCUT2D eigenvalue weighted by molar-refractivity contribution is 7.99. The highest BCUT2D eigenvalue weighted by Gasteiger charge is 2.22. The van der Waals surface area contributed by atoms with Crippen LogP contribution in [-0.4, -0.2) is 16.7 Å². The van der Waals surface area contributed by atoms with Gasteiger partial charge in [0.25, 0.3) is 0 Å². The lowest BCUT2D eigenvalue weighted by molar-refractivity contribution is 0.864. The quantitative estimate of drug-likeness (QED) is 0.435. The maximum Gasteiger partial charge on any atom is 0.210 e. The van der Waals surface area contributed by atoms with E-state index in [0.29, 0.717) is 0 Å². The third-order valence-electron chi connectivity index (χ3n) is 4.57. The molecule has 0 aliphatic carbocycles. The number of anilines is 4. The number of aromatic nitrogens is 2. The Kier molecular flexibility index (Phi) is 4.72. The predicted molar refractivity (Wildman–Crippen MR) is 117 cm³/mol. The summed E-state index contributed by atoms with van der Waals surface area (Å²) in [6.07, 6.45) is 0.849. The minimum Gasteiger partial charge on any atom is -0.339 e. The Balaban J connectivity index is 1.35. The lowest BCUT2D eigenvalue weighted by Crippen LogP contribution is -2.23. The van der Waals surface area contributed by atoms with E-state index in [-0.39, 0.29) is 0 Å². The van der Waals surface area contributed by atoms with E-state index in [2.05, 4.69) is 68.9 Å². The average molecular weight is 403 g/mol. The number of para-hydroxylation sites is 3. The topological polar surface area (TPSA) is 41.1 Å². The fourth-order valence-corrected chi connectivity index (χ4v) is 5.12. The average Bonchev–Trinajstić information content (AvgIpc) is 3.19. The summed E-state index contributed by atoms with van der Waals surface area (Å²) < 4.78 is 0. The molecule has 138 valence electrons. The number of hydrogen-bond acceptors (Lipinski definition) is 6. The van der Waals surface area contributed by atoms with Gasteiger partial charge < -0.3 is 10.2 Å². The monoisotopic (exact) mass is 402 g/mol. The highest BCUT2D eigenvalue weighted by Crippen LogP contribution is 2.47. The van der Waals surface area contributed by atoms with Crippen LogP contribution in [0, 0.1) is 0 Å². The van der Waals surface area contributed by atoms with Crippen LogP contribution in [0.4, 0.5) is 22.2 Å². The molecule has 28 heavy (non-hydrogen) atoms. The third-order valence-corrected chi connectivity index (χ3v) is 6.60. The van der Waals surface area contributed by atoms with E-state index >= 15 is 0 Å². The van der Waals surface area contributed by atoms with E-state index < -0.39 is 0 Å². The highest BCUT2D eigenvalue weighted by atomic mass is 32.2. The molecule has 1 aliphatic rings. The molecule has 0 bridgehead atoms. The molecule has 6 heteroatoms. The Bertz CT molecular complexity index is 1050. The minimum absolute atomic E-state index is 0.830. The SMILES string of the molecule is c1ccc(Nc2nnc(CCN3c4ccccc4Sc4ccccc43)s2)cc1. The van der Waals surface area contributed by atoms with Crippen LogP contribution >= 0.6 is 23.1 Å². The van der Waals surface area contributed by atoms with E-state index in [0.717, 1.165) is 28.8 Å². The Morgan fingerprint density at radius 2 is 1.39 bits per heavy atom. The number of hydrogen-bond donors (Lipinski definition) is 1. The molecule has 4 nitrogen and oxygen atoms in total. The van der Waals surface area contributed by atoms with Crippen molar-refractivity contribution in [3.8, 4) is 0 Å². The molecule has 2 heterocycles. The lowest BCUT2D eigenvalue weighted by Gasteiger charge is -2.32. The van der Waals surface area contributed by atoms with Crippen molar-refractivity contribution < 1.29 is 0 Å². The van der Waals surface area contributed by atoms with Gasteiger partial charge in [-0.1, -0.05) is 65.6 Å². The van der Waals surface area contributed by atoms with Crippen molar-refractivity contribution in [3.63, 3.8) is 0 Å². The van der Waals surface area contributed by atoms with Gasteiger partial charge in [-0.2, -0.15) is 0 Å². The lowest BCUT2D eigenvalue weighted by atomic mass is 10.2. The van der Waals surface area contributed by atoms with Crippen LogP contribution in [0.1, 0.15) is 5.01 Å². The largest absolute Gasteiger partial charge is 0.339 e. The zero-order valence-corrected chi connectivity index (χ0v) is 16.7. The first-order valence-electron chi connectivity index (χ1n) is 9.15. The standard InChI is InChI=1S/C22H18N4S2/c1-2-8-16(9-3-1)23-22-25-24-21(28-22)14-15-26-17-10-4-6-12-19(17)27-20-13-7-5-11-18(20)26/h1-13H,14-15H2,(H,23,25). The first-order chi connectivity index (χ1) is 13.9. The summed E-state index contributed by atoms with van der Waals surface area (Å²) in [6.45, 7) is 0.870. The number of rotatable bonds is 5. The third kappa shape index (κ3) is 3.48. The van der Waals surface area contributed by atoms with Gasteiger partial charge in [0.1, 0.15) is 5.01 Å². The van der Waals surface area contributed by atoms with E-state index in [1.54, 1.807) is 11.3 Å². The van der Waals surface area contributed by atoms with Crippen LogP contribution in [-0.2, 0) is 6.42 Å². The molecule has 0 radical (unpaired) electrons. The predicted octanol–water partition coefficient (Wildman–Crippen LogP) is 6.13. The normalized spacial score (nSPS) is 12.4. The van der Waals surface area contributed by atoms with E-state index in [9.17, 15) is 0 Å². The van der Waals surface area contributed by atoms with Crippen LogP contribution in [0.25, 0.3) is 0 Å². The number of fused-ring (bicyclic) bond motifs is 2. The maximum absolute atomic E-state index is 4.38. The molecule has 0 atom stereocenters. The minimum atomic E-state index is 0.830. The second kappa shape index (κ2) is 7.66. The van der Waals surface area contributed by atoms with Gasteiger partial charge >= 0.3 is 0 Å². The molecule has 0 saturated carbocycles. The van der Waals surface area contributed by atoms with Crippen molar-refractivity contribution in [2.45, 2.75) is 16.2 Å². The summed E-state index contributed by atoms with van der Waals surface area (Å²) in [5, 5.41) is 13.9. The zero-order valence-electron chi connectivity index (χ0n) is 15.1. The first-order valence-corrected chi connectivity index (χ1v) is 10.8. The van der Waals surface area contributed by atoms with Gasteiger partial charge in [0.05, 0.1) is 11.4 Å². The van der Waals surface area contributed by atoms with Gasteiger partial charge in [-0.05, 0) is 36.4 Å². The fraction of sp³-hybridized carbons (Fsp3) is 0.0909. The van der Waals surface area contributed by atoms with Gasteiger partial charge in [-0.15, -0.1) is 10.2 Å². The molecular weight excluding hydrogens is 384 g/mol. The van der Waals surface area contributed by atoms with E-state index in [1.807, 2.05) is 42.1 Å². The van der Waals surface area contributed by atoms with Gasteiger partial charge in [0.15, 0.2) is 0 Å². The second-order valence-electron chi connectivity index (χ2n) is 6.43. The fourth-order valence-electron chi connectivity index (χ4n) is 3.28. The summed E-state index contributed by atoms with van der Waals surface area (Å²) in [5.41, 5.74) is 3.55. The van der Waals surface area contributed by atoms with Crippen LogP contribution in [0.15, 0.2) is 88.7 Å². The molecule has 0 unspecified atom stereocenters. The number of nitrogens with zero attached hydrogens (tertiary/aromatic N) is 3. The Morgan fingerprint density at radius 1 is 0.750 bits per heavy atom. The van der Waals surface area contributed by atoms with Crippen LogP contribution in [0.5, 0.6) is 0 Å². The molecule has 0 fully saturated rings. The molecular formula is C22H18N4S2. The van der Waals surface area contributed by atoms with Crippen molar-refractivity contribution in [3.05, 3.63) is 83.9 Å². The van der Waals surface area contributed by atoms with E-state index in [1.165, 1.54) is 21.2 Å². The molecule has 0 amide bonds. The molecule has 1 aliphatic heterocycles.